The quantitative estimate of drug-likeness (QED) is 0.558. The summed E-state index contributed by atoms with van der Waals surface area (Å²) in [6, 6.07) is 24.7. The molecule has 0 bridgehead atoms. The number of rotatable bonds is 9. The molecule has 0 radical (unpaired) electrons. The predicted octanol–water partition coefficient (Wildman–Crippen LogP) is 4.77. The standard InChI is InChI=1S/C22H22ClNO3/c23-18-7-4-8-19(13-18)24-14-20(25)16-27-22-11-9-21(10-12-22)26-15-17-5-2-1-3-6-17/h1-13,20,24-25H,14-16H2. The minimum Gasteiger partial charge on any atom is -0.491 e. The summed E-state index contributed by atoms with van der Waals surface area (Å²) < 4.78 is 11.4. The van der Waals surface area contributed by atoms with Gasteiger partial charge < -0.3 is 19.9 Å². The second-order valence-corrected chi connectivity index (χ2v) is 6.54. The summed E-state index contributed by atoms with van der Waals surface area (Å²) in [6.07, 6.45) is -0.641. The van der Waals surface area contributed by atoms with E-state index in [4.69, 9.17) is 21.1 Å². The Hall–Kier alpha value is -2.69. The van der Waals surface area contributed by atoms with Crippen molar-refractivity contribution in [1.29, 1.82) is 0 Å². The van der Waals surface area contributed by atoms with Gasteiger partial charge in [-0.05, 0) is 48.0 Å². The molecule has 0 fully saturated rings. The Morgan fingerprint density at radius 2 is 1.56 bits per heavy atom. The molecule has 5 heteroatoms. The second-order valence-electron chi connectivity index (χ2n) is 6.10. The highest BCUT2D eigenvalue weighted by molar-refractivity contribution is 6.30. The summed E-state index contributed by atoms with van der Waals surface area (Å²) in [4.78, 5) is 0. The number of ether oxygens (including phenoxy) is 2. The third-order valence-electron chi connectivity index (χ3n) is 3.88. The fourth-order valence-electron chi connectivity index (χ4n) is 2.46. The van der Waals surface area contributed by atoms with Crippen molar-refractivity contribution in [2.75, 3.05) is 18.5 Å². The van der Waals surface area contributed by atoms with Crippen LogP contribution < -0.4 is 14.8 Å². The van der Waals surface area contributed by atoms with Gasteiger partial charge >= 0.3 is 0 Å². The summed E-state index contributed by atoms with van der Waals surface area (Å²) >= 11 is 5.93. The van der Waals surface area contributed by atoms with Crippen LogP contribution in [0, 0.1) is 0 Å². The van der Waals surface area contributed by atoms with Crippen LogP contribution in [0.5, 0.6) is 11.5 Å². The number of aliphatic hydroxyl groups excluding tert-OH is 1. The van der Waals surface area contributed by atoms with Crippen molar-refractivity contribution in [3.63, 3.8) is 0 Å². The molecule has 3 aromatic carbocycles. The maximum absolute atomic E-state index is 10.1. The molecule has 0 saturated carbocycles. The average molecular weight is 384 g/mol. The topological polar surface area (TPSA) is 50.7 Å². The van der Waals surface area contributed by atoms with E-state index in [2.05, 4.69) is 5.32 Å². The van der Waals surface area contributed by atoms with Crippen LogP contribution in [-0.4, -0.2) is 24.4 Å². The Kier molecular flexibility index (Phi) is 6.97. The molecule has 0 aromatic heterocycles. The van der Waals surface area contributed by atoms with E-state index in [0.29, 0.717) is 23.9 Å². The van der Waals surface area contributed by atoms with Gasteiger partial charge in [-0.15, -0.1) is 0 Å². The molecule has 1 atom stereocenters. The molecule has 0 aliphatic rings. The molecule has 140 valence electrons. The molecule has 0 aliphatic carbocycles. The van der Waals surface area contributed by atoms with Crippen LogP contribution in [0.4, 0.5) is 5.69 Å². The largest absolute Gasteiger partial charge is 0.491 e. The molecule has 0 heterocycles. The molecule has 4 nitrogen and oxygen atoms in total. The summed E-state index contributed by atoms with van der Waals surface area (Å²) in [7, 11) is 0. The van der Waals surface area contributed by atoms with Crippen LogP contribution in [0.2, 0.25) is 5.02 Å². The first-order valence-corrected chi connectivity index (χ1v) is 9.14. The molecule has 1 unspecified atom stereocenters. The van der Waals surface area contributed by atoms with Gasteiger partial charge in [0.1, 0.15) is 30.8 Å². The Morgan fingerprint density at radius 1 is 0.852 bits per heavy atom. The highest BCUT2D eigenvalue weighted by Gasteiger charge is 2.06. The lowest BCUT2D eigenvalue weighted by Gasteiger charge is -2.14. The third-order valence-corrected chi connectivity index (χ3v) is 4.12. The van der Waals surface area contributed by atoms with Crippen molar-refractivity contribution in [3.05, 3.63) is 89.4 Å². The summed E-state index contributed by atoms with van der Waals surface area (Å²) in [5.41, 5.74) is 1.98. The average Bonchev–Trinajstić information content (AvgIpc) is 2.71. The zero-order valence-corrected chi connectivity index (χ0v) is 15.6. The zero-order valence-electron chi connectivity index (χ0n) is 14.8. The third kappa shape index (κ3) is 6.51. The first-order chi connectivity index (χ1) is 13.2. The monoisotopic (exact) mass is 383 g/mol. The first-order valence-electron chi connectivity index (χ1n) is 8.76. The van der Waals surface area contributed by atoms with Gasteiger partial charge in [0.25, 0.3) is 0 Å². The predicted molar refractivity (Wildman–Crippen MR) is 109 cm³/mol. The van der Waals surface area contributed by atoms with Crippen LogP contribution in [0.15, 0.2) is 78.9 Å². The number of aliphatic hydroxyl groups is 1. The first kappa shape index (κ1) is 19.1. The number of hydrogen-bond donors (Lipinski definition) is 2. The van der Waals surface area contributed by atoms with E-state index in [-0.39, 0.29) is 6.61 Å². The summed E-state index contributed by atoms with van der Waals surface area (Å²) in [5, 5.41) is 13.8. The van der Waals surface area contributed by atoms with E-state index in [9.17, 15) is 5.11 Å². The van der Waals surface area contributed by atoms with Gasteiger partial charge in [0.15, 0.2) is 0 Å². The Balaban J connectivity index is 1.40. The number of hydrogen-bond acceptors (Lipinski definition) is 4. The van der Waals surface area contributed by atoms with Crippen LogP contribution in [0.3, 0.4) is 0 Å². The molecule has 27 heavy (non-hydrogen) atoms. The fraction of sp³-hybridized carbons (Fsp3) is 0.182. The number of anilines is 1. The molecule has 0 amide bonds. The number of halogens is 1. The minimum atomic E-state index is -0.641. The van der Waals surface area contributed by atoms with E-state index in [1.54, 1.807) is 6.07 Å². The van der Waals surface area contributed by atoms with Crippen LogP contribution in [-0.2, 0) is 6.61 Å². The van der Waals surface area contributed by atoms with Crippen LogP contribution in [0.1, 0.15) is 5.56 Å². The van der Waals surface area contributed by atoms with Crippen molar-refractivity contribution in [2.45, 2.75) is 12.7 Å². The van der Waals surface area contributed by atoms with Crippen molar-refractivity contribution < 1.29 is 14.6 Å². The van der Waals surface area contributed by atoms with Gasteiger partial charge in [0.2, 0.25) is 0 Å². The molecular formula is C22H22ClNO3. The smallest absolute Gasteiger partial charge is 0.120 e. The van der Waals surface area contributed by atoms with Gasteiger partial charge in [0.05, 0.1) is 0 Å². The molecule has 0 saturated heterocycles. The van der Waals surface area contributed by atoms with E-state index < -0.39 is 6.10 Å². The van der Waals surface area contributed by atoms with Gasteiger partial charge in [0, 0.05) is 17.3 Å². The molecule has 0 spiro atoms. The lowest BCUT2D eigenvalue weighted by atomic mass is 10.2. The Labute approximate surface area is 164 Å². The fourth-order valence-corrected chi connectivity index (χ4v) is 2.65. The summed E-state index contributed by atoms with van der Waals surface area (Å²) in [6.45, 7) is 1.09. The van der Waals surface area contributed by atoms with Crippen molar-refractivity contribution >= 4 is 17.3 Å². The van der Waals surface area contributed by atoms with Gasteiger partial charge in [-0.2, -0.15) is 0 Å². The molecule has 3 aromatic rings. The lowest BCUT2D eigenvalue weighted by molar-refractivity contribution is 0.117. The van der Waals surface area contributed by atoms with Crippen LogP contribution in [0.25, 0.3) is 0 Å². The highest BCUT2D eigenvalue weighted by Crippen LogP contribution is 2.19. The lowest BCUT2D eigenvalue weighted by Crippen LogP contribution is -2.26. The highest BCUT2D eigenvalue weighted by atomic mass is 35.5. The SMILES string of the molecule is OC(CNc1cccc(Cl)c1)COc1ccc(OCc2ccccc2)cc1. The second kappa shape index (κ2) is 9.86. The molecule has 0 aliphatic heterocycles. The van der Waals surface area contributed by atoms with Gasteiger partial charge in [-0.25, -0.2) is 0 Å². The maximum atomic E-state index is 10.1. The van der Waals surface area contributed by atoms with Crippen molar-refractivity contribution in [1.82, 2.24) is 0 Å². The van der Waals surface area contributed by atoms with Crippen molar-refractivity contribution in [3.8, 4) is 11.5 Å². The zero-order chi connectivity index (χ0) is 18.9. The Bertz CT molecular complexity index is 824. The molecule has 3 rings (SSSR count). The van der Waals surface area contributed by atoms with Crippen LogP contribution >= 0.6 is 11.6 Å². The van der Waals surface area contributed by atoms with E-state index in [0.717, 1.165) is 17.0 Å². The molecule has 2 N–H and O–H groups in total. The summed E-state index contributed by atoms with van der Waals surface area (Å²) in [5.74, 6) is 1.46. The van der Waals surface area contributed by atoms with Gasteiger partial charge in [-0.3, -0.25) is 0 Å². The van der Waals surface area contributed by atoms with E-state index in [1.807, 2.05) is 72.8 Å². The van der Waals surface area contributed by atoms with Gasteiger partial charge in [-0.1, -0.05) is 48.0 Å². The Morgan fingerprint density at radius 3 is 2.26 bits per heavy atom. The number of nitrogens with one attached hydrogen (secondary N) is 1. The van der Waals surface area contributed by atoms with E-state index in [1.165, 1.54) is 0 Å². The van der Waals surface area contributed by atoms with Crippen molar-refractivity contribution in [2.24, 2.45) is 0 Å². The molecular weight excluding hydrogens is 362 g/mol. The maximum Gasteiger partial charge on any atom is 0.120 e. The van der Waals surface area contributed by atoms with E-state index >= 15 is 0 Å². The normalized spacial score (nSPS) is 11.6. The number of benzene rings is 3. The minimum absolute atomic E-state index is 0.192.